The van der Waals surface area contributed by atoms with Crippen molar-refractivity contribution < 1.29 is 27.2 Å². The average Bonchev–Trinajstić information content (AvgIpc) is 3.11. The fourth-order valence-corrected chi connectivity index (χ4v) is 4.73. The van der Waals surface area contributed by atoms with Gasteiger partial charge < -0.3 is 24.1 Å². The van der Waals surface area contributed by atoms with E-state index in [4.69, 9.17) is 18.7 Å². The van der Waals surface area contributed by atoms with Crippen molar-refractivity contribution in [2.75, 3.05) is 31.4 Å². The van der Waals surface area contributed by atoms with Crippen molar-refractivity contribution in [3.05, 3.63) is 30.3 Å². The lowest BCUT2D eigenvalue weighted by Gasteiger charge is -2.27. The molecule has 1 aromatic heterocycles. The molecule has 0 atom stereocenters. The summed E-state index contributed by atoms with van der Waals surface area (Å²) in [5.41, 5.74) is 1.24. The number of aromatic nitrogens is 1. The van der Waals surface area contributed by atoms with Gasteiger partial charge in [0.05, 0.1) is 21.3 Å². The van der Waals surface area contributed by atoms with Crippen LogP contribution in [0.25, 0.3) is 11.0 Å². The van der Waals surface area contributed by atoms with Gasteiger partial charge in [-0.2, -0.15) is 0 Å². The Bertz CT molecular complexity index is 1150. The number of nitrogens with zero attached hydrogens (tertiary/aromatic N) is 1. The van der Waals surface area contributed by atoms with Gasteiger partial charge in [0.2, 0.25) is 0 Å². The molecule has 0 radical (unpaired) electrons. The zero-order valence-electron chi connectivity index (χ0n) is 16.9. The number of sulfonamides is 1. The van der Waals surface area contributed by atoms with E-state index in [2.05, 4.69) is 15.2 Å². The Balaban J connectivity index is 1.74. The van der Waals surface area contributed by atoms with Gasteiger partial charge in [-0.05, 0) is 31.4 Å². The normalized spacial score (nSPS) is 14.2. The molecule has 2 aromatic carbocycles. The molecule has 3 aromatic rings. The van der Waals surface area contributed by atoms with Crippen molar-refractivity contribution in [3.8, 4) is 17.2 Å². The number of nitrogens with one attached hydrogen (secondary N) is 2. The van der Waals surface area contributed by atoms with Crippen LogP contribution in [0.3, 0.4) is 0 Å². The Hall–Kier alpha value is -3.14. The van der Waals surface area contributed by atoms with E-state index in [9.17, 15) is 8.42 Å². The highest BCUT2D eigenvalue weighted by molar-refractivity contribution is 7.93. The second kappa shape index (κ2) is 7.94. The maximum atomic E-state index is 13.2. The van der Waals surface area contributed by atoms with Gasteiger partial charge in [-0.1, -0.05) is 11.2 Å². The third kappa shape index (κ3) is 3.58. The van der Waals surface area contributed by atoms with Crippen molar-refractivity contribution in [1.29, 1.82) is 0 Å². The molecule has 1 fully saturated rings. The van der Waals surface area contributed by atoms with Crippen LogP contribution in [-0.4, -0.2) is 40.9 Å². The van der Waals surface area contributed by atoms with Crippen LogP contribution in [0.5, 0.6) is 17.2 Å². The SMILES string of the molecule is COc1cccc(OC)c1S(=O)(=O)Nc1noc2cc(NC3CCC3)cc(OC)c12. The lowest BCUT2D eigenvalue weighted by molar-refractivity contribution is 0.373. The first-order chi connectivity index (χ1) is 14.5. The monoisotopic (exact) mass is 433 g/mol. The topological polar surface area (TPSA) is 112 Å². The molecule has 9 nitrogen and oxygen atoms in total. The van der Waals surface area contributed by atoms with Gasteiger partial charge >= 0.3 is 0 Å². The van der Waals surface area contributed by atoms with Crippen molar-refractivity contribution in [3.63, 3.8) is 0 Å². The number of hydrogen-bond acceptors (Lipinski definition) is 8. The maximum Gasteiger partial charge on any atom is 0.270 e. The molecule has 160 valence electrons. The number of methoxy groups -OCH3 is 3. The van der Waals surface area contributed by atoms with Crippen molar-refractivity contribution in [2.24, 2.45) is 0 Å². The van der Waals surface area contributed by atoms with Crippen LogP contribution >= 0.6 is 0 Å². The van der Waals surface area contributed by atoms with Crippen LogP contribution in [0.1, 0.15) is 19.3 Å². The minimum absolute atomic E-state index is 0.0185. The molecule has 1 saturated carbocycles. The third-order valence-corrected chi connectivity index (χ3v) is 6.52. The minimum atomic E-state index is -4.10. The second-order valence-electron chi connectivity index (χ2n) is 6.95. The second-order valence-corrected chi connectivity index (χ2v) is 8.57. The lowest BCUT2D eigenvalue weighted by Crippen LogP contribution is -2.26. The van der Waals surface area contributed by atoms with Crippen LogP contribution in [0.2, 0.25) is 0 Å². The van der Waals surface area contributed by atoms with Gasteiger partial charge in [0.1, 0.15) is 22.6 Å². The summed E-state index contributed by atoms with van der Waals surface area (Å²) >= 11 is 0. The molecular formula is C20H23N3O6S. The third-order valence-electron chi connectivity index (χ3n) is 5.12. The van der Waals surface area contributed by atoms with Crippen molar-refractivity contribution >= 4 is 32.5 Å². The molecule has 0 saturated heterocycles. The van der Waals surface area contributed by atoms with E-state index in [0.29, 0.717) is 22.8 Å². The first-order valence-corrected chi connectivity index (χ1v) is 10.9. The Labute approximate surface area is 174 Å². The minimum Gasteiger partial charge on any atom is -0.496 e. The summed E-state index contributed by atoms with van der Waals surface area (Å²) in [4.78, 5) is -0.131. The van der Waals surface area contributed by atoms with Crippen LogP contribution in [0, 0.1) is 0 Å². The summed E-state index contributed by atoms with van der Waals surface area (Å²) in [6.07, 6.45) is 3.43. The zero-order chi connectivity index (χ0) is 21.3. The number of hydrogen-bond donors (Lipinski definition) is 2. The number of fused-ring (bicyclic) bond motifs is 1. The molecule has 0 bridgehead atoms. The van der Waals surface area contributed by atoms with E-state index >= 15 is 0 Å². The van der Waals surface area contributed by atoms with E-state index in [0.717, 1.165) is 18.5 Å². The first-order valence-electron chi connectivity index (χ1n) is 9.44. The molecule has 0 aliphatic heterocycles. The quantitative estimate of drug-likeness (QED) is 0.554. The highest BCUT2D eigenvalue weighted by Gasteiger charge is 2.28. The summed E-state index contributed by atoms with van der Waals surface area (Å²) < 4.78 is 50.1. The highest BCUT2D eigenvalue weighted by Crippen LogP contribution is 2.39. The molecule has 2 N–H and O–H groups in total. The summed E-state index contributed by atoms with van der Waals surface area (Å²) in [6.45, 7) is 0. The summed E-state index contributed by atoms with van der Waals surface area (Å²) in [6, 6.07) is 8.73. The fourth-order valence-electron chi connectivity index (χ4n) is 3.40. The van der Waals surface area contributed by atoms with Gasteiger partial charge in [-0.15, -0.1) is 0 Å². The van der Waals surface area contributed by atoms with Gasteiger partial charge in [0.25, 0.3) is 10.0 Å². The van der Waals surface area contributed by atoms with E-state index in [1.54, 1.807) is 18.2 Å². The van der Waals surface area contributed by atoms with Gasteiger partial charge in [-0.3, -0.25) is 4.72 Å². The molecule has 0 spiro atoms. The van der Waals surface area contributed by atoms with E-state index in [1.807, 2.05) is 0 Å². The van der Waals surface area contributed by atoms with E-state index < -0.39 is 10.0 Å². The maximum absolute atomic E-state index is 13.2. The lowest BCUT2D eigenvalue weighted by atomic mass is 9.93. The number of benzene rings is 2. The molecule has 1 aliphatic carbocycles. The Morgan fingerprint density at radius 3 is 2.27 bits per heavy atom. The summed E-state index contributed by atoms with van der Waals surface area (Å²) in [7, 11) is 0.183. The molecule has 30 heavy (non-hydrogen) atoms. The Morgan fingerprint density at radius 1 is 1.03 bits per heavy atom. The molecule has 10 heteroatoms. The molecule has 1 aliphatic rings. The van der Waals surface area contributed by atoms with Gasteiger partial charge in [0.15, 0.2) is 16.3 Å². The largest absolute Gasteiger partial charge is 0.496 e. The smallest absolute Gasteiger partial charge is 0.270 e. The molecule has 1 heterocycles. The van der Waals surface area contributed by atoms with Crippen LogP contribution < -0.4 is 24.2 Å². The molecule has 0 amide bonds. The zero-order valence-corrected chi connectivity index (χ0v) is 17.7. The Morgan fingerprint density at radius 2 is 1.70 bits per heavy atom. The van der Waals surface area contributed by atoms with Crippen molar-refractivity contribution in [1.82, 2.24) is 5.16 Å². The number of anilines is 2. The summed E-state index contributed by atoms with van der Waals surface area (Å²) in [5.74, 6) is 0.757. The van der Waals surface area contributed by atoms with E-state index in [-0.39, 0.29) is 22.2 Å². The van der Waals surface area contributed by atoms with Crippen LogP contribution in [-0.2, 0) is 10.0 Å². The van der Waals surface area contributed by atoms with Gasteiger partial charge in [-0.25, -0.2) is 8.42 Å². The first kappa shape index (κ1) is 20.1. The van der Waals surface area contributed by atoms with Crippen LogP contribution in [0.4, 0.5) is 11.5 Å². The number of ether oxygens (including phenoxy) is 3. The predicted molar refractivity (Wildman–Crippen MR) is 112 cm³/mol. The van der Waals surface area contributed by atoms with Crippen LogP contribution in [0.15, 0.2) is 39.8 Å². The van der Waals surface area contributed by atoms with E-state index in [1.165, 1.54) is 39.9 Å². The molecule has 4 rings (SSSR count). The molecule has 0 unspecified atom stereocenters. The highest BCUT2D eigenvalue weighted by atomic mass is 32.2. The number of rotatable bonds is 8. The average molecular weight is 433 g/mol. The Kier molecular flexibility index (Phi) is 5.33. The molecular weight excluding hydrogens is 410 g/mol. The fraction of sp³-hybridized carbons (Fsp3) is 0.350. The predicted octanol–water partition coefficient (Wildman–Crippen LogP) is 3.62. The summed E-state index contributed by atoms with van der Waals surface area (Å²) in [5, 5.41) is 7.77. The van der Waals surface area contributed by atoms with Crippen molar-refractivity contribution in [2.45, 2.75) is 30.2 Å². The standard InChI is InChI=1S/C20H23N3O6S/c1-26-14-8-5-9-15(27-2)19(14)30(24,25)23-20-18-16(28-3)10-13(11-17(18)29-22-20)21-12-6-4-7-12/h5,8-12,21H,4,6-7H2,1-3H3,(H,22,23). The van der Waals surface area contributed by atoms with Gasteiger partial charge in [0, 0.05) is 23.9 Å².